The maximum atomic E-state index is 14.1. The zero-order valence-corrected chi connectivity index (χ0v) is 18.8. The Hall–Kier alpha value is -1.25. The van der Waals surface area contributed by atoms with Gasteiger partial charge in [0.05, 0.1) is 11.2 Å². The number of rotatable bonds is 4. The van der Waals surface area contributed by atoms with Crippen LogP contribution in [-0.4, -0.2) is 24.5 Å². The maximum absolute atomic E-state index is 14.1. The van der Waals surface area contributed by atoms with Crippen LogP contribution in [0.1, 0.15) is 37.8 Å². The zero-order chi connectivity index (χ0) is 20.4. The largest absolute Gasteiger partial charge is 0.297 e. The second kappa shape index (κ2) is 6.12. The van der Waals surface area contributed by atoms with Crippen molar-refractivity contribution in [3.63, 3.8) is 0 Å². The fourth-order valence-corrected chi connectivity index (χ4v) is 9.45. The summed E-state index contributed by atoms with van der Waals surface area (Å²) in [4.78, 5) is 14.1. The van der Waals surface area contributed by atoms with Crippen molar-refractivity contribution in [2.24, 2.45) is 10.8 Å². The average molecular weight is 510 g/mol. The Balaban J connectivity index is 2.08. The lowest BCUT2D eigenvalue weighted by atomic mass is 9.59. The third kappa shape index (κ3) is 2.25. The van der Waals surface area contributed by atoms with Gasteiger partial charge in [0.25, 0.3) is 10.1 Å². The highest BCUT2D eigenvalue weighted by molar-refractivity contribution is 14.1. The standard InChI is InChI=1S/C22H23IO4S/c1-19(2)20(15-28(25,26)27)13-14-21(19,16-9-5-3-6-10-16)22(23,18(20)24)17-11-7-4-8-12-17/h3-12H,13-15H2,1-2H3,(H,25,26,27). The lowest BCUT2D eigenvalue weighted by Gasteiger charge is -2.47. The van der Waals surface area contributed by atoms with E-state index in [9.17, 15) is 17.8 Å². The van der Waals surface area contributed by atoms with Crippen LogP contribution >= 0.6 is 22.6 Å². The third-order valence-corrected chi connectivity index (χ3v) is 10.3. The Bertz CT molecular complexity index is 1030. The van der Waals surface area contributed by atoms with Crippen molar-refractivity contribution in [3.8, 4) is 0 Å². The van der Waals surface area contributed by atoms with Gasteiger partial charge < -0.3 is 0 Å². The molecule has 0 spiro atoms. The number of hydrogen-bond donors (Lipinski definition) is 1. The zero-order valence-electron chi connectivity index (χ0n) is 15.9. The van der Waals surface area contributed by atoms with Crippen molar-refractivity contribution >= 4 is 38.5 Å². The van der Waals surface area contributed by atoms with Crippen molar-refractivity contribution in [1.29, 1.82) is 0 Å². The Morgan fingerprint density at radius 2 is 1.43 bits per heavy atom. The molecule has 2 saturated carbocycles. The number of alkyl halides is 1. The van der Waals surface area contributed by atoms with Crippen molar-refractivity contribution in [1.82, 2.24) is 0 Å². The molecule has 2 bridgehead atoms. The van der Waals surface area contributed by atoms with Gasteiger partial charge in [-0.05, 0) is 29.4 Å². The second-order valence-electron chi connectivity index (χ2n) is 8.56. The highest BCUT2D eigenvalue weighted by atomic mass is 127. The lowest BCUT2D eigenvalue weighted by Crippen LogP contribution is -2.50. The summed E-state index contributed by atoms with van der Waals surface area (Å²) >= 11 is 2.27. The van der Waals surface area contributed by atoms with Crippen molar-refractivity contribution in [2.45, 2.75) is 35.5 Å². The predicted octanol–water partition coefficient (Wildman–Crippen LogP) is 4.53. The predicted molar refractivity (Wildman–Crippen MR) is 117 cm³/mol. The minimum atomic E-state index is -4.32. The Labute approximate surface area is 179 Å². The van der Waals surface area contributed by atoms with Crippen LogP contribution in [0.25, 0.3) is 0 Å². The molecule has 6 heteroatoms. The quantitative estimate of drug-likeness (QED) is 0.373. The fourth-order valence-electron chi connectivity index (χ4n) is 6.06. The summed E-state index contributed by atoms with van der Waals surface area (Å²) in [7, 11) is -4.32. The Kier molecular flexibility index (Phi) is 4.38. The Morgan fingerprint density at radius 3 is 1.93 bits per heavy atom. The highest BCUT2D eigenvalue weighted by Crippen LogP contribution is 2.79. The molecule has 0 aliphatic heterocycles. The number of hydrogen-bond acceptors (Lipinski definition) is 3. The van der Waals surface area contributed by atoms with Crippen LogP contribution in [0.4, 0.5) is 0 Å². The number of carbonyl (C=O) groups is 1. The van der Waals surface area contributed by atoms with E-state index in [4.69, 9.17) is 0 Å². The first-order valence-corrected chi connectivity index (χ1v) is 12.0. The molecule has 148 valence electrons. The molecule has 0 heterocycles. The molecule has 4 nitrogen and oxygen atoms in total. The molecule has 0 aromatic heterocycles. The minimum Gasteiger partial charge on any atom is -0.297 e. The van der Waals surface area contributed by atoms with E-state index >= 15 is 0 Å². The number of halogens is 1. The molecule has 3 atom stereocenters. The minimum absolute atomic E-state index is 0.0930. The summed E-state index contributed by atoms with van der Waals surface area (Å²) in [5.41, 5.74) is -0.445. The molecule has 2 aromatic carbocycles. The molecule has 0 amide bonds. The van der Waals surface area contributed by atoms with Gasteiger partial charge in [-0.1, -0.05) is 97.1 Å². The Morgan fingerprint density at radius 1 is 0.929 bits per heavy atom. The van der Waals surface area contributed by atoms with Gasteiger partial charge in [-0.3, -0.25) is 9.35 Å². The van der Waals surface area contributed by atoms with E-state index in [2.05, 4.69) is 22.6 Å². The molecule has 2 aliphatic carbocycles. The van der Waals surface area contributed by atoms with E-state index < -0.39 is 35.5 Å². The van der Waals surface area contributed by atoms with E-state index in [0.717, 1.165) is 11.1 Å². The molecule has 3 unspecified atom stereocenters. The molecular weight excluding hydrogens is 487 g/mol. The number of Topliss-reactive ketones (excluding diaryl/α,β-unsaturated/α-hetero) is 1. The number of ketones is 1. The number of carbonyl (C=O) groups excluding carboxylic acids is 1. The van der Waals surface area contributed by atoms with Crippen LogP contribution in [-0.2, 0) is 23.7 Å². The number of fused-ring (bicyclic) bond motifs is 2. The SMILES string of the molecule is CC1(C)C2(CS(=O)(=O)O)CCC1(c1ccccc1)C(I)(c1ccccc1)C2=O. The number of benzene rings is 2. The van der Waals surface area contributed by atoms with Gasteiger partial charge in [0.1, 0.15) is 3.42 Å². The summed E-state index contributed by atoms with van der Waals surface area (Å²) in [5, 5.41) is 0. The van der Waals surface area contributed by atoms with Crippen LogP contribution in [0, 0.1) is 10.8 Å². The van der Waals surface area contributed by atoms with Gasteiger partial charge in [0.2, 0.25) is 0 Å². The van der Waals surface area contributed by atoms with E-state index in [1.54, 1.807) is 0 Å². The van der Waals surface area contributed by atoms with Crippen LogP contribution in [0.2, 0.25) is 0 Å². The lowest BCUT2D eigenvalue weighted by molar-refractivity contribution is -0.129. The van der Waals surface area contributed by atoms with Gasteiger partial charge in [-0.15, -0.1) is 0 Å². The van der Waals surface area contributed by atoms with Crippen LogP contribution in [0.15, 0.2) is 60.7 Å². The van der Waals surface area contributed by atoms with Gasteiger partial charge in [-0.25, -0.2) is 0 Å². The highest BCUT2D eigenvalue weighted by Gasteiger charge is 2.82. The maximum Gasteiger partial charge on any atom is 0.265 e. The average Bonchev–Trinajstić information content (AvgIpc) is 2.94. The summed E-state index contributed by atoms with van der Waals surface area (Å²) < 4.78 is 32.8. The van der Waals surface area contributed by atoms with Crippen LogP contribution in [0.5, 0.6) is 0 Å². The fraction of sp³-hybridized carbons (Fsp3) is 0.409. The molecule has 0 saturated heterocycles. The molecule has 1 N–H and O–H groups in total. The van der Waals surface area contributed by atoms with Gasteiger partial charge in [0, 0.05) is 5.41 Å². The topological polar surface area (TPSA) is 71.4 Å². The first-order valence-electron chi connectivity index (χ1n) is 9.33. The van der Waals surface area contributed by atoms with Crippen molar-refractivity contribution < 1.29 is 17.8 Å². The summed E-state index contributed by atoms with van der Waals surface area (Å²) in [6, 6.07) is 19.6. The first-order chi connectivity index (χ1) is 13.0. The molecule has 0 radical (unpaired) electrons. The van der Waals surface area contributed by atoms with Crippen molar-refractivity contribution in [2.75, 3.05) is 5.75 Å². The molecule has 2 fully saturated rings. The van der Waals surface area contributed by atoms with Gasteiger partial charge in [-0.2, -0.15) is 8.42 Å². The van der Waals surface area contributed by atoms with Crippen LogP contribution < -0.4 is 0 Å². The van der Waals surface area contributed by atoms with Crippen molar-refractivity contribution in [3.05, 3.63) is 71.8 Å². The van der Waals surface area contributed by atoms with Gasteiger partial charge >= 0.3 is 0 Å². The molecule has 2 aromatic rings. The second-order valence-corrected chi connectivity index (χ2v) is 11.6. The summed E-state index contributed by atoms with van der Waals surface area (Å²) in [5.74, 6) is -0.623. The first kappa shape index (κ1) is 20.0. The molecule has 2 aliphatic rings. The van der Waals surface area contributed by atoms with E-state index in [0.29, 0.717) is 12.8 Å². The molecular formula is C22H23IO4S. The normalized spacial score (nSPS) is 33.9. The van der Waals surface area contributed by atoms with E-state index in [1.807, 2.05) is 74.5 Å². The van der Waals surface area contributed by atoms with Gasteiger partial charge in [0.15, 0.2) is 5.78 Å². The molecule has 28 heavy (non-hydrogen) atoms. The van der Waals surface area contributed by atoms with E-state index in [1.165, 1.54) is 0 Å². The van der Waals surface area contributed by atoms with Crippen LogP contribution in [0.3, 0.4) is 0 Å². The molecule has 4 rings (SSSR count). The third-order valence-electron chi connectivity index (χ3n) is 7.39. The monoisotopic (exact) mass is 510 g/mol. The summed E-state index contributed by atoms with van der Waals surface area (Å²) in [6.45, 7) is 4.00. The summed E-state index contributed by atoms with van der Waals surface area (Å²) in [6.07, 6.45) is 1.13. The smallest absolute Gasteiger partial charge is 0.265 e. The van der Waals surface area contributed by atoms with E-state index in [-0.39, 0.29) is 5.78 Å².